The third kappa shape index (κ3) is 6.66. The summed E-state index contributed by atoms with van der Waals surface area (Å²) in [6.45, 7) is 0.542. The Balaban J connectivity index is 1.34. The lowest BCUT2D eigenvalue weighted by Gasteiger charge is -2.21. The Bertz CT molecular complexity index is 736. The van der Waals surface area contributed by atoms with Crippen molar-refractivity contribution >= 4 is 29.4 Å². The van der Waals surface area contributed by atoms with Crippen LogP contribution in [-0.4, -0.2) is 37.2 Å². The van der Waals surface area contributed by atoms with Crippen molar-refractivity contribution in [1.82, 2.24) is 5.32 Å². The van der Waals surface area contributed by atoms with Gasteiger partial charge in [-0.1, -0.05) is 18.2 Å². The van der Waals surface area contributed by atoms with E-state index >= 15 is 0 Å². The second kappa shape index (κ2) is 10.5. The topological polar surface area (TPSA) is 47.6 Å². The number of rotatable bonds is 8. The molecule has 3 rings (SSSR count). The molecule has 144 valence electrons. The molecule has 2 aromatic rings. The summed E-state index contributed by atoms with van der Waals surface area (Å²) in [6, 6.07) is 13.9. The summed E-state index contributed by atoms with van der Waals surface area (Å²) in [7, 11) is 0. The fourth-order valence-electron chi connectivity index (χ4n) is 2.52. The Labute approximate surface area is 167 Å². The van der Waals surface area contributed by atoms with Crippen molar-refractivity contribution in [2.45, 2.75) is 11.0 Å². The highest BCUT2D eigenvalue weighted by molar-refractivity contribution is 8.16. The van der Waals surface area contributed by atoms with Crippen molar-refractivity contribution in [1.29, 1.82) is 0 Å². The van der Waals surface area contributed by atoms with Crippen LogP contribution in [0.25, 0.3) is 0 Å². The molecule has 1 N–H and O–H groups in total. The van der Waals surface area contributed by atoms with E-state index < -0.39 is 0 Å². The number of hydrogen-bond donors (Lipinski definition) is 1. The van der Waals surface area contributed by atoms with Crippen LogP contribution in [0.15, 0.2) is 48.5 Å². The van der Waals surface area contributed by atoms with Gasteiger partial charge in [0.25, 0.3) is 5.91 Å². The summed E-state index contributed by atoms with van der Waals surface area (Å²) in [4.78, 5) is 11.8. The minimum Gasteiger partial charge on any atom is -0.492 e. The molecule has 1 heterocycles. The second-order valence-corrected chi connectivity index (χ2v) is 8.66. The molecule has 0 bridgehead atoms. The van der Waals surface area contributed by atoms with Crippen LogP contribution in [0, 0.1) is 5.82 Å². The highest BCUT2D eigenvalue weighted by Gasteiger charge is 2.16. The Kier molecular flexibility index (Phi) is 7.71. The van der Waals surface area contributed by atoms with Crippen molar-refractivity contribution in [2.75, 3.05) is 31.3 Å². The molecule has 0 unspecified atom stereocenters. The maximum Gasteiger partial charge on any atom is 0.258 e. The van der Waals surface area contributed by atoms with Gasteiger partial charge in [0.1, 0.15) is 23.9 Å². The van der Waals surface area contributed by atoms with Gasteiger partial charge in [0.2, 0.25) is 0 Å². The fraction of sp³-hybridized carbons (Fsp3) is 0.350. The molecule has 0 saturated carbocycles. The summed E-state index contributed by atoms with van der Waals surface area (Å²) in [5, 5.41) is 2.71. The van der Waals surface area contributed by atoms with E-state index in [1.54, 1.807) is 12.1 Å². The second-order valence-electron chi connectivity index (χ2n) is 5.94. The van der Waals surface area contributed by atoms with E-state index in [9.17, 15) is 9.18 Å². The quantitative estimate of drug-likeness (QED) is 0.663. The van der Waals surface area contributed by atoms with E-state index in [0.29, 0.717) is 22.6 Å². The van der Waals surface area contributed by atoms with Gasteiger partial charge in [-0.05, 0) is 47.8 Å². The van der Waals surface area contributed by atoms with Crippen molar-refractivity contribution in [2.24, 2.45) is 0 Å². The third-order valence-corrected chi connectivity index (χ3v) is 6.85. The molecule has 1 saturated heterocycles. The zero-order valence-electron chi connectivity index (χ0n) is 14.9. The molecule has 0 spiro atoms. The summed E-state index contributed by atoms with van der Waals surface area (Å²) in [5.41, 5.74) is 1.29. The molecule has 4 nitrogen and oxygen atoms in total. The van der Waals surface area contributed by atoms with Crippen LogP contribution in [0.1, 0.15) is 16.6 Å². The number of nitrogens with one attached hydrogen (secondary N) is 1. The van der Waals surface area contributed by atoms with E-state index in [4.69, 9.17) is 9.47 Å². The van der Waals surface area contributed by atoms with Crippen molar-refractivity contribution in [3.8, 4) is 11.5 Å². The predicted octanol–water partition coefficient (Wildman–Crippen LogP) is 4.27. The maximum atomic E-state index is 13.0. The van der Waals surface area contributed by atoms with Crippen LogP contribution in [0.2, 0.25) is 0 Å². The lowest BCUT2D eigenvalue weighted by atomic mass is 10.2. The minimum atomic E-state index is -0.350. The Morgan fingerprint density at radius 3 is 2.59 bits per heavy atom. The first kappa shape index (κ1) is 19.9. The molecular weight excluding hydrogens is 385 g/mol. The molecule has 2 aromatic carbocycles. The molecule has 7 heteroatoms. The van der Waals surface area contributed by atoms with Crippen LogP contribution in [0.3, 0.4) is 0 Å². The van der Waals surface area contributed by atoms with E-state index in [1.165, 1.54) is 35.6 Å². The monoisotopic (exact) mass is 407 g/mol. The summed E-state index contributed by atoms with van der Waals surface area (Å²) in [5.74, 6) is 2.96. The molecule has 1 aliphatic rings. The standard InChI is InChI=1S/C20H22FNO3S2/c21-16-3-1-4-18(13-16)24-10-9-22-19(23)14-25-17-7-5-15(6-8-17)20-26-11-2-12-27-20/h1,3-8,13,20H,2,9-12,14H2,(H,22,23). The van der Waals surface area contributed by atoms with Crippen LogP contribution in [0.5, 0.6) is 11.5 Å². The minimum absolute atomic E-state index is 0.0494. The van der Waals surface area contributed by atoms with E-state index in [1.807, 2.05) is 35.7 Å². The van der Waals surface area contributed by atoms with Gasteiger partial charge in [-0.25, -0.2) is 4.39 Å². The molecule has 1 fully saturated rings. The average Bonchev–Trinajstić information content (AvgIpc) is 2.71. The largest absolute Gasteiger partial charge is 0.492 e. The number of benzene rings is 2. The van der Waals surface area contributed by atoms with Crippen LogP contribution < -0.4 is 14.8 Å². The lowest BCUT2D eigenvalue weighted by molar-refractivity contribution is -0.123. The van der Waals surface area contributed by atoms with Gasteiger partial charge in [0, 0.05) is 6.07 Å². The average molecular weight is 408 g/mol. The number of hydrogen-bond acceptors (Lipinski definition) is 5. The molecule has 1 aliphatic heterocycles. The number of amides is 1. The number of thioether (sulfide) groups is 2. The van der Waals surface area contributed by atoms with Gasteiger partial charge in [0.05, 0.1) is 11.1 Å². The van der Waals surface area contributed by atoms with Crippen LogP contribution >= 0.6 is 23.5 Å². The SMILES string of the molecule is O=C(COc1ccc(C2SCCCS2)cc1)NCCOc1cccc(F)c1. The zero-order chi connectivity index (χ0) is 18.9. The first-order chi connectivity index (χ1) is 13.2. The van der Waals surface area contributed by atoms with Crippen molar-refractivity contribution in [3.63, 3.8) is 0 Å². The van der Waals surface area contributed by atoms with Gasteiger partial charge < -0.3 is 14.8 Å². The Hall–Kier alpha value is -1.86. The highest BCUT2D eigenvalue weighted by atomic mass is 32.2. The van der Waals surface area contributed by atoms with Crippen molar-refractivity contribution in [3.05, 3.63) is 59.9 Å². The molecule has 27 heavy (non-hydrogen) atoms. The molecule has 0 atom stereocenters. The maximum absolute atomic E-state index is 13.0. The number of halogens is 1. The van der Waals surface area contributed by atoms with Gasteiger partial charge in [-0.2, -0.15) is 0 Å². The van der Waals surface area contributed by atoms with E-state index in [0.717, 1.165) is 0 Å². The predicted molar refractivity (Wildman–Crippen MR) is 109 cm³/mol. The first-order valence-electron chi connectivity index (χ1n) is 8.82. The third-order valence-electron chi connectivity index (χ3n) is 3.84. The van der Waals surface area contributed by atoms with Crippen LogP contribution in [0.4, 0.5) is 4.39 Å². The normalized spacial score (nSPS) is 14.6. The van der Waals surface area contributed by atoms with Crippen molar-refractivity contribution < 1.29 is 18.7 Å². The number of ether oxygens (including phenoxy) is 2. The smallest absolute Gasteiger partial charge is 0.258 e. The van der Waals surface area contributed by atoms with E-state index in [2.05, 4.69) is 17.4 Å². The fourth-order valence-corrected chi connectivity index (χ4v) is 5.41. The first-order valence-corrected chi connectivity index (χ1v) is 10.9. The molecule has 1 amide bonds. The van der Waals surface area contributed by atoms with Gasteiger partial charge in [-0.3, -0.25) is 4.79 Å². The Morgan fingerprint density at radius 2 is 1.85 bits per heavy atom. The van der Waals surface area contributed by atoms with Crippen LogP contribution in [-0.2, 0) is 4.79 Å². The Morgan fingerprint density at radius 1 is 1.07 bits per heavy atom. The van der Waals surface area contributed by atoms with Gasteiger partial charge in [0.15, 0.2) is 6.61 Å². The number of carbonyl (C=O) groups excluding carboxylic acids is 1. The van der Waals surface area contributed by atoms with E-state index in [-0.39, 0.29) is 24.9 Å². The number of carbonyl (C=O) groups is 1. The molecular formula is C20H22FNO3S2. The summed E-state index contributed by atoms with van der Waals surface area (Å²) >= 11 is 3.95. The molecule has 0 aliphatic carbocycles. The van der Waals surface area contributed by atoms with Gasteiger partial charge >= 0.3 is 0 Å². The summed E-state index contributed by atoms with van der Waals surface area (Å²) < 4.78 is 24.4. The summed E-state index contributed by atoms with van der Waals surface area (Å²) in [6.07, 6.45) is 1.27. The molecule has 0 radical (unpaired) electrons. The highest BCUT2D eigenvalue weighted by Crippen LogP contribution is 2.43. The molecule has 0 aromatic heterocycles. The lowest BCUT2D eigenvalue weighted by Crippen LogP contribution is -2.32. The van der Waals surface area contributed by atoms with Gasteiger partial charge in [-0.15, -0.1) is 23.5 Å². The zero-order valence-corrected chi connectivity index (χ0v) is 16.5.